The minimum atomic E-state index is -3.69. The number of carbonyl (C=O) groups is 1. The van der Waals surface area contributed by atoms with Crippen LogP contribution in [0.1, 0.15) is 50.9 Å². The van der Waals surface area contributed by atoms with Crippen LogP contribution in [0.2, 0.25) is 0 Å². The molecule has 0 amide bonds. The first-order chi connectivity index (χ1) is 15.9. The molecule has 186 valence electrons. The number of rotatable bonds is 7. The number of carbonyl (C=O) groups excluding carboxylic acids is 1. The number of sulfone groups is 1. The van der Waals surface area contributed by atoms with Crippen molar-refractivity contribution in [2.24, 2.45) is 7.05 Å². The van der Waals surface area contributed by atoms with E-state index in [1.165, 1.54) is 23.9 Å². The Morgan fingerprint density at radius 2 is 1.85 bits per heavy atom. The van der Waals surface area contributed by atoms with Gasteiger partial charge in [-0.1, -0.05) is 0 Å². The Kier molecular flexibility index (Phi) is 6.02. The summed E-state index contributed by atoms with van der Waals surface area (Å²) < 4.78 is 48.6. The monoisotopic (exact) mass is 494 g/mol. The first-order valence-electron chi connectivity index (χ1n) is 11.2. The third-order valence-corrected chi connectivity index (χ3v) is 9.73. The molecule has 0 aromatic carbocycles. The van der Waals surface area contributed by atoms with Gasteiger partial charge in [0.1, 0.15) is 32.9 Å². The van der Waals surface area contributed by atoms with Crippen LogP contribution in [-0.4, -0.2) is 65.6 Å². The summed E-state index contributed by atoms with van der Waals surface area (Å²) in [5.41, 5.74) is 0.0461. The van der Waals surface area contributed by atoms with Crippen molar-refractivity contribution in [3.63, 3.8) is 0 Å². The smallest absolute Gasteiger partial charge is 0.343 e. The first-order valence-corrected chi connectivity index (χ1v) is 12.7. The molecule has 2 aromatic heterocycles. The summed E-state index contributed by atoms with van der Waals surface area (Å²) >= 11 is 0. The predicted octanol–water partition coefficient (Wildman–Crippen LogP) is 1.98. The molecule has 3 heterocycles. The zero-order valence-corrected chi connectivity index (χ0v) is 20.9. The van der Waals surface area contributed by atoms with Crippen LogP contribution >= 0.6 is 0 Å². The number of fused-ring (bicyclic) bond motifs is 1. The number of nitrogens with zero attached hydrogens (tertiary/aromatic N) is 2. The Bertz CT molecular complexity index is 1280. The van der Waals surface area contributed by atoms with Crippen molar-refractivity contribution in [2.75, 3.05) is 26.4 Å². The minimum absolute atomic E-state index is 0.0351. The van der Waals surface area contributed by atoms with Crippen LogP contribution in [0.4, 0.5) is 0 Å². The summed E-state index contributed by atoms with van der Waals surface area (Å²) in [5, 5.41) is 0. The Labute approximate surface area is 198 Å². The molecule has 1 saturated heterocycles. The van der Waals surface area contributed by atoms with Crippen molar-refractivity contribution in [1.29, 1.82) is 0 Å². The fourth-order valence-corrected chi connectivity index (χ4v) is 6.43. The molecule has 2 aliphatic rings. The largest absolute Gasteiger partial charge is 0.490 e. The molecule has 0 radical (unpaired) electrons. The zero-order chi connectivity index (χ0) is 24.9. The van der Waals surface area contributed by atoms with E-state index < -0.39 is 36.6 Å². The molecule has 0 atom stereocenters. The number of aryl methyl sites for hydroxylation is 1. The number of hydrogen-bond acceptors (Lipinski definition) is 9. The van der Waals surface area contributed by atoms with Crippen molar-refractivity contribution in [2.45, 2.75) is 55.8 Å². The van der Waals surface area contributed by atoms with Crippen LogP contribution in [-0.2, 0) is 31.1 Å². The van der Waals surface area contributed by atoms with Gasteiger partial charge in [0.2, 0.25) is 0 Å². The number of pyridine rings is 2. The lowest BCUT2D eigenvalue weighted by Crippen LogP contribution is -2.57. The third kappa shape index (κ3) is 3.99. The Morgan fingerprint density at radius 3 is 2.44 bits per heavy atom. The van der Waals surface area contributed by atoms with Gasteiger partial charge >= 0.3 is 5.97 Å². The summed E-state index contributed by atoms with van der Waals surface area (Å²) in [7, 11) is -2.18. The normalized spacial score (nSPS) is 20.6. The zero-order valence-electron chi connectivity index (χ0n) is 20.0. The van der Waals surface area contributed by atoms with Crippen LogP contribution in [0.3, 0.4) is 0 Å². The fraction of sp³-hybridized carbons (Fsp3) is 0.609. The van der Waals surface area contributed by atoms with E-state index >= 15 is 0 Å². The average Bonchev–Trinajstić information content (AvgIpc) is 3.58. The molecule has 0 unspecified atom stereocenters. The van der Waals surface area contributed by atoms with E-state index in [-0.39, 0.29) is 32.0 Å². The quantitative estimate of drug-likeness (QED) is 0.532. The molecule has 2 fully saturated rings. The van der Waals surface area contributed by atoms with E-state index in [0.717, 1.165) is 0 Å². The van der Waals surface area contributed by atoms with Gasteiger partial charge in [-0.05, 0) is 46.6 Å². The molecule has 1 saturated carbocycles. The van der Waals surface area contributed by atoms with Crippen LogP contribution < -0.4 is 10.3 Å². The van der Waals surface area contributed by atoms with Gasteiger partial charge in [0, 0.05) is 19.3 Å². The standard InChI is InChI=1S/C23H30N2O8S/c1-6-30-20(27)15-11-16-18(25(5)19(15)26)17(7-10-24-16)31-14-23(8-9-23)34(28,29)22(4)12-32-21(2,3)33-13-22/h7,10-11H,6,8-9,12-14H2,1-5H3. The molecule has 1 aliphatic heterocycles. The highest BCUT2D eigenvalue weighted by molar-refractivity contribution is 7.94. The van der Waals surface area contributed by atoms with Gasteiger partial charge in [-0.3, -0.25) is 9.78 Å². The molecular formula is C23H30N2O8S. The predicted molar refractivity (Wildman–Crippen MR) is 124 cm³/mol. The van der Waals surface area contributed by atoms with E-state index in [1.54, 1.807) is 33.8 Å². The molecule has 0 spiro atoms. The second kappa shape index (κ2) is 8.31. The van der Waals surface area contributed by atoms with Gasteiger partial charge in [-0.15, -0.1) is 0 Å². The van der Waals surface area contributed by atoms with E-state index in [4.69, 9.17) is 18.9 Å². The summed E-state index contributed by atoms with van der Waals surface area (Å²) in [6, 6.07) is 2.94. The number of aromatic nitrogens is 2. The molecule has 1 aliphatic carbocycles. The van der Waals surface area contributed by atoms with Crippen molar-refractivity contribution in [3.8, 4) is 5.75 Å². The molecule has 0 N–H and O–H groups in total. The average molecular weight is 495 g/mol. The van der Waals surface area contributed by atoms with E-state index in [0.29, 0.717) is 29.6 Å². The van der Waals surface area contributed by atoms with Crippen LogP contribution in [0.5, 0.6) is 5.75 Å². The lowest BCUT2D eigenvalue weighted by molar-refractivity contribution is -0.254. The molecule has 10 nitrogen and oxygen atoms in total. The molecule has 2 aromatic rings. The van der Waals surface area contributed by atoms with E-state index in [9.17, 15) is 18.0 Å². The molecule has 4 rings (SSSR count). The fourth-order valence-electron chi connectivity index (χ4n) is 4.10. The van der Waals surface area contributed by atoms with Gasteiger partial charge in [0.25, 0.3) is 5.56 Å². The van der Waals surface area contributed by atoms with E-state index in [2.05, 4.69) is 4.98 Å². The van der Waals surface area contributed by atoms with Gasteiger partial charge in [-0.2, -0.15) is 0 Å². The van der Waals surface area contributed by atoms with Gasteiger partial charge in [-0.25, -0.2) is 13.2 Å². The minimum Gasteiger partial charge on any atom is -0.490 e. The summed E-state index contributed by atoms with van der Waals surface area (Å²) in [6.45, 7) is 6.92. The first kappa shape index (κ1) is 24.6. The van der Waals surface area contributed by atoms with E-state index in [1.807, 2.05) is 0 Å². The Balaban J connectivity index is 1.62. The lowest BCUT2D eigenvalue weighted by atomic mass is 10.1. The van der Waals surface area contributed by atoms with Crippen LogP contribution in [0.15, 0.2) is 23.1 Å². The number of ether oxygens (including phenoxy) is 4. The maximum atomic E-state index is 13.6. The molecular weight excluding hydrogens is 464 g/mol. The number of hydrogen-bond donors (Lipinski definition) is 0. The summed E-state index contributed by atoms with van der Waals surface area (Å²) in [4.78, 5) is 29.2. The second-order valence-electron chi connectivity index (χ2n) is 9.59. The maximum absolute atomic E-state index is 13.6. The van der Waals surface area contributed by atoms with Gasteiger partial charge in [0.05, 0.1) is 25.3 Å². The second-order valence-corrected chi connectivity index (χ2v) is 12.4. The van der Waals surface area contributed by atoms with Crippen molar-refractivity contribution >= 4 is 26.8 Å². The third-order valence-electron chi connectivity index (χ3n) is 6.53. The molecule has 0 bridgehead atoms. The van der Waals surface area contributed by atoms with Crippen molar-refractivity contribution < 1.29 is 32.2 Å². The summed E-state index contributed by atoms with van der Waals surface area (Å²) in [6.07, 6.45) is 2.41. The molecule has 11 heteroatoms. The highest BCUT2D eigenvalue weighted by Crippen LogP contribution is 2.50. The number of esters is 1. The Morgan fingerprint density at radius 1 is 1.21 bits per heavy atom. The highest BCUT2D eigenvalue weighted by Gasteiger charge is 2.63. The van der Waals surface area contributed by atoms with Gasteiger partial charge in [0.15, 0.2) is 15.6 Å². The Hall–Kier alpha value is -2.50. The highest BCUT2D eigenvalue weighted by atomic mass is 32.2. The lowest BCUT2D eigenvalue weighted by Gasteiger charge is -2.42. The maximum Gasteiger partial charge on any atom is 0.343 e. The summed E-state index contributed by atoms with van der Waals surface area (Å²) in [5.74, 6) is -1.25. The molecule has 34 heavy (non-hydrogen) atoms. The van der Waals surface area contributed by atoms with Crippen molar-refractivity contribution in [3.05, 3.63) is 34.2 Å². The van der Waals surface area contributed by atoms with Gasteiger partial charge < -0.3 is 23.5 Å². The SMILES string of the molecule is CCOC(=O)c1cc2nccc(OCC3(S(=O)(=O)C4(C)COC(C)(C)OC4)CC3)c2n(C)c1=O. The topological polar surface area (TPSA) is 123 Å². The van der Waals surface area contributed by atoms with Crippen molar-refractivity contribution in [1.82, 2.24) is 9.55 Å². The van der Waals surface area contributed by atoms with Crippen LogP contribution in [0.25, 0.3) is 11.0 Å². The van der Waals surface area contributed by atoms with Crippen LogP contribution in [0, 0.1) is 0 Å².